The van der Waals surface area contributed by atoms with E-state index in [0.29, 0.717) is 28.6 Å². The predicted molar refractivity (Wildman–Crippen MR) is 116 cm³/mol. The van der Waals surface area contributed by atoms with Crippen LogP contribution in [0.5, 0.6) is 5.75 Å². The molecule has 0 bridgehead atoms. The van der Waals surface area contributed by atoms with Gasteiger partial charge >= 0.3 is 5.69 Å². The summed E-state index contributed by atoms with van der Waals surface area (Å²) in [6.45, 7) is 3.89. The number of ether oxygens (including phenoxy) is 1. The van der Waals surface area contributed by atoms with Crippen molar-refractivity contribution in [2.24, 2.45) is 0 Å². The van der Waals surface area contributed by atoms with Gasteiger partial charge in [-0.15, -0.1) is 0 Å². The van der Waals surface area contributed by atoms with Gasteiger partial charge in [-0.05, 0) is 68.6 Å². The summed E-state index contributed by atoms with van der Waals surface area (Å²) in [5.74, 6) is 1.04. The van der Waals surface area contributed by atoms with E-state index in [1.165, 1.54) is 5.56 Å². The molecular formula is C24H27N3O3. The Morgan fingerprint density at radius 3 is 2.33 bits per heavy atom. The van der Waals surface area contributed by atoms with Crippen molar-refractivity contribution in [1.29, 1.82) is 0 Å². The van der Waals surface area contributed by atoms with Crippen LogP contribution in [-0.2, 0) is 0 Å². The van der Waals surface area contributed by atoms with E-state index in [-0.39, 0.29) is 17.5 Å². The van der Waals surface area contributed by atoms with Gasteiger partial charge in [-0.25, -0.2) is 4.79 Å². The highest BCUT2D eigenvalue weighted by Crippen LogP contribution is 2.32. The molecule has 2 aromatic carbocycles. The van der Waals surface area contributed by atoms with Gasteiger partial charge in [0, 0.05) is 11.6 Å². The molecule has 1 aliphatic heterocycles. The molecule has 1 fully saturated rings. The van der Waals surface area contributed by atoms with Crippen molar-refractivity contribution >= 4 is 5.78 Å². The van der Waals surface area contributed by atoms with Gasteiger partial charge in [0.2, 0.25) is 5.78 Å². The molecule has 1 unspecified atom stereocenters. The molecule has 1 saturated heterocycles. The lowest BCUT2D eigenvalue weighted by Gasteiger charge is -2.36. The van der Waals surface area contributed by atoms with Crippen molar-refractivity contribution in [3.8, 4) is 5.75 Å². The quantitative estimate of drug-likeness (QED) is 0.610. The van der Waals surface area contributed by atoms with Crippen LogP contribution in [-0.4, -0.2) is 40.9 Å². The van der Waals surface area contributed by atoms with E-state index < -0.39 is 0 Å². The van der Waals surface area contributed by atoms with Crippen molar-refractivity contribution in [2.45, 2.75) is 31.7 Å². The number of hydrogen-bond acceptors (Lipinski definition) is 4. The van der Waals surface area contributed by atoms with E-state index in [1.807, 2.05) is 13.0 Å². The monoisotopic (exact) mass is 405 g/mol. The topological polar surface area (TPSA) is 78.2 Å². The highest BCUT2D eigenvalue weighted by Gasteiger charge is 2.28. The maximum Gasteiger partial charge on any atom is 0.323 e. The number of likely N-dealkylation sites (tertiary alicyclic amines) is 1. The first-order valence-corrected chi connectivity index (χ1v) is 10.4. The van der Waals surface area contributed by atoms with Crippen LogP contribution in [0.4, 0.5) is 0 Å². The number of nitrogens with zero attached hydrogens (tertiary/aromatic N) is 1. The van der Waals surface area contributed by atoms with Gasteiger partial charge in [-0.2, -0.15) is 0 Å². The fourth-order valence-corrected chi connectivity index (χ4v) is 4.30. The van der Waals surface area contributed by atoms with Gasteiger partial charge in [-0.1, -0.05) is 30.3 Å². The lowest BCUT2D eigenvalue weighted by atomic mass is 9.88. The summed E-state index contributed by atoms with van der Waals surface area (Å²) < 4.78 is 5.16. The summed E-state index contributed by atoms with van der Waals surface area (Å²) in [5, 5.41) is 0. The minimum Gasteiger partial charge on any atom is -0.497 e. The summed E-state index contributed by atoms with van der Waals surface area (Å²) in [6.07, 6.45) is 2.12. The fraction of sp³-hybridized carbons (Fsp3) is 0.333. The van der Waals surface area contributed by atoms with Crippen molar-refractivity contribution in [3.63, 3.8) is 0 Å². The molecule has 1 aliphatic rings. The van der Waals surface area contributed by atoms with E-state index in [4.69, 9.17) is 4.74 Å². The number of carbonyl (C=O) groups excluding carboxylic acids is 1. The number of hydrogen-bond donors (Lipinski definition) is 2. The first-order valence-electron chi connectivity index (χ1n) is 10.4. The van der Waals surface area contributed by atoms with Crippen LogP contribution in [0.15, 0.2) is 59.4 Å². The second-order valence-electron chi connectivity index (χ2n) is 7.82. The Kier molecular flexibility index (Phi) is 5.86. The zero-order valence-corrected chi connectivity index (χ0v) is 17.4. The van der Waals surface area contributed by atoms with Gasteiger partial charge in [0.1, 0.15) is 11.4 Å². The van der Waals surface area contributed by atoms with Crippen LogP contribution in [0.25, 0.3) is 0 Å². The number of benzene rings is 2. The minimum atomic E-state index is -0.354. The third-order valence-electron chi connectivity index (χ3n) is 6.10. The van der Waals surface area contributed by atoms with E-state index in [9.17, 15) is 9.59 Å². The van der Waals surface area contributed by atoms with Crippen molar-refractivity contribution in [1.82, 2.24) is 14.9 Å². The predicted octanol–water partition coefficient (Wildman–Crippen LogP) is 3.88. The highest BCUT2D eigenvalue weighted by atomic mass is 16.5. The van der Waals surface area contributed by atoms with Crippen LogP contribution in [0.3, 0.4) is 0 Å². The largest absolute Gasteiger partial charge is 0.497 e. The summed E-state index contributed by atoms with van der Waals surface area (Å²) in [4.78, 5) is 33.0. The molecule has 0 amide bonds. The first-order chi connectivity index (χ1) is 14.6. The second kappa shape index (κ2) is 8.71. The third-order valence-corrected chi connectivity index (χ3v) is 6.10. The summed E-state index contributed by atoms with van der Waals surface area (Å²) in [7, 11) is 1.58. The number of ketones is 1. The van der Waals surface area contributed by atoms with Gasteiger partial charge < -0.3 is 14.7 Å². The van der Waals surface area contributed by atoms with E-state index in [2.05, 4.69) is 39.1 Å². The Morgan fingerprint density at radius 1 is 1.03 bits per heavy atom. The second-order valence-corrected chi connectivity index (χ2v) is 7.82. The van der Waals surface area contributed by atoms with E-state index in [1.54, 1.807) is 31.4 Å². The minimum absolute atomic E-state index is 0.0575. The molecule has 0 spiro atoms. The maximum absolute atomic E-state index is 13.1. The maximum atomic E-state index is 13.1. The van der Waals surface area contributed by atoms with Crippen LogP contribution in [0, 0.1) is 0 Å². The standard InChI is InChI=1S/C24H27N3O3/c1-16(27-14-12-18(13-15-27)17-6-4-3-5-7-17)21-22(26-24(29)25-21)23(28)19-8-10-20(30-2)11-9-19/h3-11,16,18H,12-15H2,1-2H3,(H2,25,26,29). The Labute approximate surface area is 175 Å². The van der Waals surface area contributed by atoms with Crippen LogP contribution >= 0.6 is 0 Å². The molecule has 1 aromatic heterocycles. The van der Waals surface area contributed by atoms with Crippen molar-refractivity contribution in [3.05, 3.63) is 87.6 Å². The van der Waals surface area contributed by atoms with Gasteiger partial charge in [0.05, 0.1) is 12.8 Å². The Balaban J connectivity index is 1.50. The van der Waals surface area contributed by atoms with Gasteiger partial charge in [-0.3, -0.25) is 9.69 Å². The molecule has 6 heteroatoms. The number of carbonyl (C=O) groups is 1. The van der Waals surface area contributed by atoms with Crippen LogP contribution in [0.1, 0.15) is 59.0 Å². The molecule has 0 aliphatic carbocycles. The number of aromatic nitrogens is 2. The van der Waals surface area contributed by atoms with E-state index in [0.717, 1.165) is 25.9 Å². The first kappa shape index (κ1) is 20.2. The highest BCUT2D eigenvalue weighted by molar-refractivity contribution is 6.08. The van der Waals surface area contributed by atoms with Crippen LogP contribution < -0.4 is 10.4 Å². The summed E-state index contributed by atoms with van der Waals surface area (Å²) in [5.41, 5.74) is 2.53. The lowest BCUT2D eigenvalue weighted by molar-refractivity contribution is 0.102. The normalized spacial score (nSPS) is 16.3. The number of H-pyrrole nitrogens is 2. The number of nitrogens with one attached hydrogen (secondary N) is 2. The Morgan fingerprint density at radius 2 is 1.70 bits per heavy atom. The van der Waals surface area contributed by atoms with Gasteiger partial charge in [0.15, 0.2) is 0 Å². The third kappa shape index (κ3) is 4.09. The van der Waals surface area contributed by atoms with Crippen LogP contribution in [0.2, 0.25) is 0 Å². The smallest absolute Gasteiger partial charge is 0.323 e. The number of aromatic amines is 2. The van der Waals surface area contributed by atoms with Crippen molar-refractivity contribution < 1.29 is 9.53 Å². The molecule has 1 atom stereocenters. The molecule has 156 valence electrons. The molecule has 6 nitrogen and oxygen atoms in total. The Bertz CT molecular complexity index is 1050. The molecule has 0 radical (unpaired) electrons. The lowest BCUT2D eigenvalue weighted by Crippen LogP contribution is -2.35. The molecule has 2 N–H and O–H groups in total. The molecule has 3 aromatic rings. The number of piperidine rings is 1. The SMILES string of the molecule is COc1ccc(C(=O)c2[nH]c(=O)[nH]c2C(C)N2CCC(c3ccccc3)CC2)cc1. The molecular weight excluding hydrogens is 378 g/mol. The molecule has 2 heterocycles. The zero-order chi connectivity index (χ0) is 21.1. The fourth-order valence-electron chi connectivity index (χ4n) is 4.30. The molecule has 30 heavy (non-hydrogen) atoms. The summed E-state index contributed by atoms with van der Waals surface area (Å²) in [6, 6.07) is 17.5. The average Bonchev–Trinajstić information content (AvgIpc) is 3.20. The Hall–Kier alpha value is -3.12. The van der Waals surface area contributed by atoms with Crippen molar-refractivity contribution in [2.75, 3.05) is 20.2 Å². The average molecular weight is 405 g/mol. The van der Waals surface area contributed by atoms with E-state index >= 15 is 0 Å². The summed E-state index contributed by atoms with van der Waals surface area (Å²) >= 11 is 0. The number of rotatable bonds is 6. The number of imidazole rings is 1. The molecule has 0 saturated carbocycles. The van der Waals surface area contributed by atoms with Gasteiger partial charge in [0.25, 0.3) is 0 Å². The molecule has 4 rings (SSSR count). The zero-order valence-electron chi connectivity index (χ0n) is 17.4. The number of methoxy groups -OCH3 is 1.